The summed E-state index contributed by atoms with van der Waals surface area (Å²) >= 11 is 0. The summed E-state index contributed by atoms with van der Waals surface area (Å²) < 4.78 is 5.72. The Balaban J connectivity index is 1.33. The molecule has 190 valence electrons. The lowest BCUT2D eigenvalue weighted by molar-refractivity contribution is 0.102. The van der Waals surface area contributed by atoms with Crippen LogP contribution in [-0.4, -0.2) is 22.5 Å². The van der Waals surface area contributed by atoms with E-state index in [1.54, 1.807) is 12.1 Å². The number of carbonyl (C=O) groups is 1. The van der Waals surface area contributed by atoms with Gasteiger partial charge in [-0.2, -0.15) is 0 Å². The predicted molar refractivity (Wildman–Crippen MR) is 150 cm³/mol. The third-order valence-electron chi connectivity index (χ3n) is 5.71. The maximum Gasteiger partial charge on any atom is 0.255 e. The summed E-state index contributed by atoms with van der Waals surface area (Å²) in [6.07, 6.45) is 3.35. The largest absolute Gasteiger partial charge is 0.494 e. The number of aryl methyl sites for hydroxylation is 2. The number of rotatable bonds is 11. The Kier molecular flexibility index (Phi) is 8.70. The highest BCUT2D eigenvalue weighted by Gasteiger charge is 2.08. The van der Waals surface area contributed by atoms with Crippen molar-refractivity contribution in [1.82, 2.24) is 9.97 Å². The second-order valence-corrected chi connectivity index (χ2v) is 8.91. The summed E-state index contributed by atoms with van der Waals surface area (Å²) in [7, 11) is 0. The Morgan fingerprint density at radius 3 is 1.92 bits per heavy atom. The number of hydrogen-bond acceptors (Lipinski definition) is 6. The highest BCUT2D eigenvalue weighted by molar-refractivity contribution is 6.04. The van der Waals surface area contributed by atoms with Gasteiger partial charge >= 0.3 is 0 Å². The Bertz CT molecular complexity index is 1300. The molecule has 7 nitrogen and oxygen atoms in total. The molecule has 0 saturated carbocycles. The summed E-state index contributed by atoms with van der Waals surface area (Å²) in [5, 5.41) is 9.56. The molecule has 4 aromatic rings. The number of hydrogen-bond donors (Lipinski definition) is 3. The fraction of sp³-hybridized carbons (Fsp3) is 0.233. The first-order valence-electron chi connectivity index (χ1n) is 12.6. The van der Waals surface area contributed by atoms with Crippen LogP contribution in [0.25, 0.3) is 0 Å². The number of ether oxygens (including phenoxy) is 1. The van der Waals surface area contributed by atoms with E-state index in [0.717, 1.165) is 36.4 Å². The fourth-order valence-electron chi connectivity index (χ4n) is 3.71. The molecule has 0 aliphatic heterocycles. The van der Waals surface area contributed by atoms with Crippen LogP contribution in [0.5, 0.6) is 5.75 Å². The van der Waals surface area contributed by atoms with Crippen molar-refractivity contribution in [2.45, 2.75) is 40.0 Å². The molecule has 0 spiro atoms. The molecule has 0 fully saturated rings. The average Bonchev–Trinajstić information content (AvgIpc) is 2.89. The topological polar surface area (TPSA) is 88.2 Å². The molecule has 0 aliphatic rings. The normalized spacial score (nSPS) is 10.6. The molecule has 1 aromatic heterocycles. The number of anilines is 5. The molecule has 7 heteroatoms. The van der Waals surface area contributed by atoms with E-state index in [0.29, 0.717) is 35.3 Å². The summed E-state index contributed by atoms with van der Waals surface area (Å²) in [6.45, 7) is 6.77. The van der Waals surface area contributed by atoms with Crippen molar-refractivity contribution in [3.8, 4) is 5.75 Å². The van der Waals surface area contributed by atoms with E-state index in [4.69, 9.17) is 4.74 Å². The number of aromatic nitrogens is 2. The summed E-state index contributed by atoms with van der Waals surface area (Å²) in [6, 6.07) is 24.7. The summed E-state index contributed by atoms with van der Waals surface area (Å²) in [5.41, 5.74) is 4.29. The van der Waals surface area contributed by atoms with Crippen molar-refractivity contribution in [3.63, 3.8) is 0 Å². The SMILES string of the molecule is CCCCCOc1ccc(C(=O)Nc2ccc(Nc3cc(Nc4ccc(C)cc4)nc(C)n3)cc2)cc1. The molecule has 4 rings (SSSR count). The van der Waals surface area contributed by atoms with Gasteiger partial charge in [0.15, 0.2) is 0 Å². The first-order valence-corrected chi connectivity index (χ1v) is 12.6. The van der Waals surface area contributed by atoms with E-state index in [-0.39, 0.29) is 5.91 Å². The first kappa shape index (κ1) is 25.7. The zero-order valence-electron chi connectivity index (χ0n) is 21.5. The second kappa shape index (κ2) is 12.5. The molecule has 0 aliphatic carbocycles. The van der Waals surface area contributed by atoms with Crippen molar-refractivity contribution in [3.05, 3.63) is 95.8 Å². The maximum atomic E-state index is 12.7. The molecule has 0 atom stereocenters. The highest BCUT2D eigenvalue weighted by Crippen LogP contribution is 2.22. The van der Waals surface area contributed by atoms with E-state index in [9.17, 15) is 4.79 Å². The van der Waals surface area contributed by atoms with E-state index >= 15 is 0 Å². The molecular formula is C30H33N5O2. The van der Waals surface area contributed by atoms with Crippen LogP contribution in [0.15, 0.2) is 78.9 Å². The third-order valence-corrected chi connectivity index (χ3v) is 5.71. The van der Waals surface area contributed by atoms with Gasteiger partial charge in [0.25, 0.3) is 5.91 Å². The van der Waals surface area contributed by atoms with Crippen LogP contribution in [0.3, 0.4) is 0 Å². The van der Waals surface area contributed by atoms with Gasteiger partial charge in [-0.1, -0.05) is 37.5 Å². The van der Waals surface area contributed by atoms with Crippen molar-refractivity contribution in [2.75, 3.05) is 22.6 Å². The van der Waals surface area contributed by atoms with Crippen LogP contribution in [0.2, 0.25) is 0 Å². The van der Waals surface area contributed by atoms with Gasteiger partial charge in [0, 0.05) is 28.7 Å². The summed E-state index contributed by atoms with van der Waals surface area (Å²) in [5.74, 6) is 2.65. The second-order valence-electron chi connectivity index (χ2n) is 8.91. The molecule has 37 heavy (non-hydrogen) atoms. The van der Waals surface area contributed by atoms with E-state index < -0.39 is 0 Å². The lowest BCUT2D eigenvalue weighted by atomic mass is 10.2. The van der Waals surface area contributed by atoms with Gasteiger partial charge in [-0.3, -0.25) is 4.79 Å². The molecule has 3 N–H and O–H groups in total. The average molecular weight is 496 g/mol. The molecule has 1 heterocycles. The van der Waals surface area contributed by atoms with E-state index in [1.807, 2.05) is 61.5 Å². The Labute approximate surface area is 218 Å². The van der Waals surface area contributed by atoms with Gasteiger partial charge in [-0.25, -0.2) is 9.97 Å². The first-order chi connectivity index (χ1) is 18.0. The van der Waals surface area contributed by atoms with Gasteiger partial charge in [-0.15, -0.1) is 0 Å². The fourth-order valence-corrected chi connectivity index (χ4v) is 3.71. The molecule has 0 bridgehead atoms. The van der Waals surface area contributed by atoms with Crippen LogP contribution in [0.4, 0.5) is 28.7 Å². The van der Waals surface area contributed by atoms with E-state index in [1.165, 1.54) is 5.56 Å². The molecular weight excluding hydrogens is 462 g/mol. The van der Waals surface area contributed by atoms with E-state index in [2.05, 4.69) is 51.9 Å². The lowest BCUT2D eigenvalue weighted by Gasteiger charge is -2.11. The minimum Gasteiger partial charge on any atom is -0.494 e. The Morgan fingerprint density at radius 1 is 0.757 bits per heavy atom. The number of nitrogens with zero attached hydrogens (tertiary/aromatic N) is 2. The molecule has 0 unspecified atom stereocenters. The monoisotopic (exact) mass is 495 g/mol. The number of nitrogens with one attached hydrogen (secondary N) is 3. The van der Waals surface area contributed by atoms with Crippen LogP contribution in [-0.2, 0) is 0 Å². The van der Waals surface area contributed by atoms with Crippen LogP contribution in [0, 0.1) is 13.8 Å². The minimum atomic E-state index is -0.170. The quantitative estimate of drug-likeness (QED) is 0.188. The zero-order chi connectivity index (χ0) is 26.0. The number of benzene rings is 3. The van der Waals surface area contributed by atoms with Gasteiger partial charge in [-0.05, 0) is 80.9 Å². The number of carbonyl (C=O) groups excluding carboxylic acids is 1. The lowest BCUT2D eigenvalue weighted by Crippen LogP contribution is -2.11. The Morgan fingerprint density at radius 2 is 1.32 bits per heavy atom. The van der Waals surface area contributed by atoms with Crippen LogP contribution in [0.1, 0.15) is 47.9 Å². The Hall–Kier alpha value is -4.39. The highest BCUT2D eigenvalue weighted by atomic mass is 16.5. The third kappa shape index (κ3) is 7.80. The van der Waals surface area contributed by atoms with Gasteiger partial charge in [0.2, 0.25) is 0 Å². The molecule has 3 aromatic carbocycles. The van der Waals surface area contributed by atoms with Crippen molar-refractivity contribution >= 4 is 34.6 Å². The van der Waals surface area contributed by atoms with Crippen molar-refractivity contribution in [1.29, 1.82) is 0 Å². The van der Waals surface area contributed by atoms with Crippen molar-refractivity contribution in [2.24, 2.45) is 0 Å². The molecule has 0 radical (unpaired) electrons. The summed E-state index contributed by atoms with van der Waals surface area (Å²) in [4.78, 5) is 21.6. The zero-order valence-corrected chi connectivity index (χ0v) is 21.5. The van der Waals surface area contributed by atoms with Gasteiger partial charge in [0.05, 0.1) is 6.61 Å². The molecule has 1 amide bonds. The van der Waals surface area contributed by atoms with Gasteiger partial charge in [0.1, 0.15) is 23.2 Å². The van der Waals surface area contributed by atoms with Crippen molar-refractivity contribution < 1.29 is 9.53 Å². The van der Waals surface area contributed by atoms with Crippen LogP contribution < -0.4 is 20.7 Å². The minimum absolute atomic E-state index is 0.170. The standard InChI is InChI=1S/C30H33N5O2/c1-4-5-6-19-37-27-17-9-23(10-18-27)30(36)35-26-15-13-25(14-16-26)34-29-20-28(31-22(3)32-29)33-24-11-7-21(2)8-12-24/h7-18,20H,4-6,19H2,1-3H3,(H,35,36)(H2,31,32,33,34). The predicted octanol–water partition coefficient (Wildman–Crippen LogP) is 7.40. The maximum absolute atomic E-state index is 12.7. The number of amides is 1. The van der Waals surface area contributed by atoms with Gasteiger partial charge < -0.3 is 20.7 Å². The number of unbranched alkanes of at least 4 members (excludes halogenated alkanes) is 2. The smallest absolute Gasteiger partial charge is 0.255 e. The van der Waals surface area contributed by atoms with Crippen LogP contribution >= 0.6 is 0 Å². The molecule has 0 saturated heterocycles.